The Hall–Kier alpha value is -2.81. The minimum absolute atomic E-state index is 0.0803. The highest BCUT2D eigenvalue weighted by Crippen LogP contribution is 2.26. The molecule has 0 aliphatic rings. The van der Waals surface area contributed by atoms with Gasteiger partial charge in [0.2, 0.25) is 0 Å². The van der Waals surface area contributed by atoms with Crippen molar-refractivity contribution in [2.45, 2.75) is 6.42 Å². The minimum atomic E-state index is -0.384. The van der Waals surface area contributed by atoms with Gasteiger partial charge in [-0.05, 0) is 28.0 Å². The molecule has 0 atom stereocenters. The first-order chi connectivity index (χ1) is 11.3. The molecular formula is C20H18O3. The molecule has 0 amide bonds. The first-order valence-corrected chi connectivity index (χ1v) is 7.52. The molecule has 3 aromatic rings. The monoisotopic (exact) mass is 306 g/mol. The Morgan fingerprint density at radius 2 is 1.57 bits per heavy atom. The smallest absolute Gasteiger partial charge is 0.343 e. The van der Waals surface area contributed by atoms with Crippen LogP contribution in [0.3, 0.4) is 0 Å². The summed E-state index contributed by atoms with van der Waals surface area (Å²) in [7, 11) is 1.35. The zero-order valence-corrected chi connectivity index (χ0v) is 13.0. The topological polar surface area (TPSA) is 35.5 Å². The number of esters is 1. The molecule has 0 N–H and O–H groups in total. The van der Waals surface area contributed by atoms with Gasteiger partial charge in [0.25, 0.3) is 0 Å². The maximum Gasteiger partial charge on any atom is 0.343 e. The third-order valence-corrected chi connectivity index (χ3v) is 3.81. The third kappa shape index (κ3) is 3.51. The van der Waals surface area contributed by atoms with Crippen LogP contribution in [-0.2, 0) is 16.0 Å². The standard InChI is InChI=1S/C20H18O3/c1-22-20(21)14-23-19-12-5-3-8-17(19)13-16-10-6-9-15-7-2-4-11-18(15)16/h2-12H,13-14H2,1H3. The van der Waals surface area contributed by atoms with Gasteiger partial charge in [-0.2, -0.15) is 0 Å². The van der Waals surface area contributed by atoms with Crippen molar-refractivity contribution in [1.29, 1.82) is 0 Å². The Morgan fingerprint density at radius 3 is 2.43 bits per heavy atom. The second kappa shape index (κ2) is 6.97. The molecule has 0 radical (unpaired) electrons. The maximum absolute atomic E-state index is 11.3. The van der Waals surface area contributed by atoms with Crippen molar-refractivity contribution in [2.24, 2.45) is 0 Å². The molecular weight excluding hydrogens is 288 g/mol. The molecule has 0 heterocycles. The summed E-state index contributed by atoms with van der Waals surface area (Å²) in [6, 6.07) is 22.4. The van der Waals surface area contributed by atoms with Gasteiger partial charge in [-0.3, -0.25) is 0 Å². The Labute approximate surface area is 135 Å². The first-order valence-electron chi connectivity index (χ1n) is 7.52. The van der Waals surface area contributed by atoms with Crippen LogP contribution in [0.5, 0.6) is 5.75 Å². The summed E-state index contributed by atoms with van der Waals surface area (Å²) in [4.78, 5) is 11.3. The Kier molecular flexibility index (Phi) is 4.57. The minimum Gasteiger partial charge on any atom is -0.482 e. The predicted molar refractivity (Wildman–Crippen MR) is 90.7 cm³/mol. The van der Waals surface area contributed by atoms with Gasteiger partial charge in [0.1, 0.15) is 5.75 Å². The van der Waals surface area contributed by atoms with Crippen LogP contribution in [-0.4, -0.2) is 19.7 Å². The molecule has 0 aromatic heterocycles. The van der Waals surface area contributed by atoms with Crippen molar-refractivity contribution in [3.63, 3.8) is 0 Å². The molecule has 0 fully saturated rings. The maximum atomic E-state index is 11.3. The van der Waals surface area contributed by atoms with E-state index in [1.54, 1.807) is 0 Å². The highest BCUT2D eigenvalue weighted by atomic mass is 16.6. The van der Waals surface area contributed by atoms with E-state index in [4.69, 9.17) is 4.74 Å². The molecule has 0 unspecified atom stereocenters. The molecule has 0 spiro atoms. The normalized spacial score (nSPS) is 10.5. The summed E-state index contributed by atoms with van der Waals surface area (Å²) in [6.07, 6.45) is 0.749. The summed E-state index contributed by atoms with van der Waals surface area (Å²) in [5.41, 5.74) is 2.28. The number of rotatable bonds is 5. The summed E-state index contributed by atoms with van der Waals surface area (Å²) in [6.45, 7) is -0.0803. The lowest BCUT2D eigenvalue weighted by molar-refractivity contribution is -0.142. The molecule has 0 saturated heterocycles. The summed E-state index contributed by atoms with van der Waals surface area (Å²) < 4.78 is 10.2. The molecule has 3 aromatic carbocycles. The van der Waals surface area contributed by atoms with Gasteiger partial charge in [0, 0.05) is 6.42 Å². The van der Waals surface area contributed by atoms with E-state index in [2.05, 4.69) is 35.1 Å². The molecule has 0 saturated carbocycles. The highest BCUT2D eigenvalue weighted by molar-refractivity contribution is 5.86. The van der Waals surface area contributed by atoms with Gasteiger partial charge >= 0.3 is 5.97 Å². The van der Waals surface area contributed by atoms with Crippen molar-refractivity contribution in [3.8, 4) is 5.75 Å². The van der Waals surface area contributed by atoms with E-state index in [0.717, 1.165) is 12.0 Å². The molecule has 3 rings (SSSR count). The van der Waals surface area contributed by atoms with Gasteiger partial charge in [-0.15, -0.1) is 0 Å². The molecule has 23 heavy (non-hydrogen) atoms. The van der Waals surface area contributed by atoms with Gasteiger partial charge in [0.05, 0.1) is 7.11 Å². The van der Waals surface area contributed by atoms with Crippen molar-refractivity contribution >= 4 is 16.7 Å². The molecule has 0 aliphatic carbocycles. The quantitative estimate of drug-likeness (QED) is 0.669. The fourth-order valence-corrected chi connectivity index (χ4v) is 2.64. The van der Waals surface area contributed by atoms with Gasteiger partial charge in [-0.25, -0.2) is 4.79 Å². The molecule has 3 nitrogen and oxygen atoms in total. The Morgan fingerprint density at radius 1 is 0.870 bits per heavy atom. The number of ether oxygens (including phenoxy) is 2. The second-order valence-corrected chi connectivity index (χ2v) is 5.29. The Bertz CT molecular complexity index is 818. The summed E-state index contributed by atoms with van der Waals surface area (Å²) >= 11 is 0. The van der Waals surface area contributed by atoms with E-state index in [1.807, 2.05) is 36.4 Å². The van der Waals surface area contributed by atoms with Gasteiger partial charge in [0.15, 0.2) is 6.61 Å². The third-order valence-electron chi connectivity index (χ3n) is 3.81. The molecule has 0 bridgehead atoms. The van der Waals surface area contributed by atoms with Crippen molar-refractivity contribution in [2.75, 3.05) is 13.7 Å². The van der Waals surface area contributed by atoms with Gasteiger partial charge < -0.3 is 9.47 Å². The number of para-hydroxylation sites is 1. The fraction of sp³-hybridized carbons (Fsp3) is 0.150. The lowest BCUT2D eigenvalue weighted by Gasteiger charge is -2.12. The van der Waals surface area contributed by atoms with E-state index in [0.29, 0.717) is 5.75 Å². The largest absolute Gasteiger partial charge is 0.482 e. The molecule has 0 aliphatic heterocycles. The SMILES string of the molecule is COC(=O)COc1ccccc1Cc1cccc2ccccc12. The van der Waals surface area contributed by atoms with Crippen LogP contribution < -0.4 is 4.74 Å². The van der Waals surface area contributed by atoms with Crippen LogP contribution in [0.15, 0.2) is 66.7 Å². The predicted octanol–water partition coefficient (Wildman–Crippen LogP) is 3.98. The van der Waals surface area contributed by atoms with E-state index in [1.165, 1.54) is 23.4 Å². The number of hydrogen-bond acceptors (Lipinski definition) is 3. The van der Waals surface area contributed by atoms with E-state index < -0.39 is 0 Å². The van der Waals surface area contributed by atoms with Crippen LogP contribution in [0.25, 0.3) is 10.8 Å². The van der Waals surface area contributed by atoms with E-state index in [-0.39, 0.29) is 12.6 Å². The zero-order valence-electron chi connectivity index (χ0n) is 13.0. The number of hydrogen-bond donors (Lipinski definition) is 0. The number of fused-ring (bicyclic) bond motifs is 1. The second-order valence-electron chi connectivity index (χ2n) is 5.29. The summed E-state index contributed by atoms with van der Waals surface area (Å²) in [5, 5.41) is 2.45. The lowest BCUT2D eigenvalue weighted by Crippen LogP contribution is -2.13. The zero-order chi connectivity index (χ0) is 16.1. The van der Waals surface area contributed by atoms with Gasteiger partial charge in [-0.1, -0.05) is 60.7 Å². The first kappa shape index (κ1) is 15.1. The number of methoxy groups -OCH3 is 1. The molecule has 116 valence electrons. The number of carbonyl (C=O) groups excluding carboxylic acids is 1. The van der Waals surface area contributed by atoms with Crippen LogP contribution in [0.2, 0.25) is 0 Å². The number of benzene rings is 3. The van der Waals surface area contributed by atoms with Crippen LogP contribution in [0, 0.1) is 0 Å². The van der Waals surface area contributed by atoms with Crippen molar-refractivity contribution < 1.29 is 14.3 Å². The molecule has 3 heteroatoms. The fourth-order valence-electron chi connectivity index (χ4n) is 2.64. The van der Waals surface area contributed by atoms with Crippen molar-refractivity contribution in [1.82, 2.24) is 0 Å². The van der Waals surface area contributed by atoms with E-state index in [9.17, 15) is 4.79 Å². The number of carbonyl (C=O) groups is 1. The van der Waals surface area contributed by atoms with Crippen LogP contribution >= 0.6 is 0 Å². The average molecular weight is 306 g/mol. The Balaban J connectivity index is 1.89. The van der Waals surface area contributed by atoms with Crippen LogP contribution in [0.1, 0.15) is 11.1 Å². The highest BCUT2D eigenvalue weighted by Gasteiger charge is 2.09. The summed E-state index contributed by atoms with van der Waals surface area (Å²) in [5.74, 6) is 0.329. The lowest BCUT2D eigenvalue weighted by atomic mass is 9.98. The van der Waals surface area contributed by atoms with E-state index >= 15 is 0 Å². The van der Waals surface area contributed by atoms with Crippen LogP contribution in [0.4, 0.5) is 0 Å². The average Bonchev–Trinajstić information content (AvgIpc) is 2.61. The van der Waals surface area contributed by atoms with Crippen molar-refractivity contribution in [3.05, 3.63) is 77.9 Å².